The summed E-state index contributed by atoms with van der Waals surface area (Å²) in [5.74, 6) is 0.632. The Morgan fingerprint density at radius 2 is 1.71 bits per heavy atom. The van der Waals surface area contributed by atoms with Crippen LogP contribution in [0.5, 0.6) is 11.5 Å². The van der Waals surface area contributed by atoms with Crippen LogP contribution in [0.3, 0.4) is 0 Å². The fourth-order valence-electron chi connectivity index (χ4n) is 3.47. The molecule has 0 radical (unpaired) electrons. The number of rotatable bonds is 6. The Balaban J connectivity index is 1.19. The Kier molecular flexibility index (Phi) is 5.88. The van der Waals surface area contributed by atoms with Gasteiger partial charge in [0, 0.05) is 34.7 Å². The maximum atomic E-state index is 12.5. The number of benzene rings is 3. The molecular weight excluding hydrogens is 456 g/mol. The Morgan fingerprint density at radius 3 is 2.53 bits per heavy atom. The topological polar surface area (TPSA) is 94.5 Å². The summed E-state index contributed by atoms with van der Waals surface area (Å²) in [6.45, 7) is 0.681. The van der Waals surface area contributed by atoms with E-state index in [4.69, 9.17) is 21.1 Å². The fraction of sp³-hybridized carbons (Fsp3) is 0.0800. The van der Waals surface area contributed by atoms with Crippen molar-refractivity contribution in [2.75, 3.05) is 17.4 Å². The van der Waals surface area contributed by atoms with E-state index in [0.717, 1.165) is 5.56 Å². The van der Waals surface area contributed by atoms with Gasteiger partial charge in [-0.15, -0.1) is 0 Å². The zero-order valence-electron chi connectivity index (χ0n) is 17.8. The van der Waals surface area contributed by atoms with Gasteiger partial charge in [-0.3, -0.25) is 9.59 Å². The van der Waals surface area contributed by atoms with Crippen LogP contribution in [0.15, 0.2) is 79.3 Å². The van der Waals surface area contributed by atoms with Gasteiger partial charge >= 0.3 is 0 Å². The average Bonchev–Trinajstić information content (AvgIpc) is 3.49. The van der Waals surface area contributed by atoms with E-state index in [1.54, 1.807) is 55.0 Å². The summed E-state index contributed by atoms with van der Waals surface area (Å²) in [4.78, 5) is 29.2. The van der Waals surface area contributed by atoms with Crippen molar-refractivity contribution in [2.24, 2.45) is 0 Å². The van der Waals surface area contributed by atoms with Crippen LogP contribution in [0.1, 0.15) is 26.4 Å². The highest BCUT2D eigenvalue weighted by molar-refractivity contribution is 6.30. The Hall–Kier alpha value is -4.30. The van der Waals surface area contributed by atoms with Gasteiger partial charge in [-0.2, -0.15) is 0 Å². The number of nitrogens with one attached hydrogen (secondary N) is 2. The minimum absolute atomic E-state index is 0.160. The first-order valence-electron chi connectivity index (χ1n) is 10.4. The number of anilines is 2. The fourth-order valence-corrected chi connectivity index (χ4v) is 3.66. The maximum absolute atomic E-state index is 12.5. The molecule has 0 fully saturated rings. The van der Waals surface area contributed by atoms with E-state index in [1.807, 2.05) is 28.8 Å². The van der Waals surface area contributed by atoms with E-state index in [9.17, 15) is 9.59 Å². The first-order chi connectivity index (χ1) is 16.5. The van der Waals surface area contributed by atoms with Crippen molar-refractivity contribution in [3.8, 4) is 11.5 Å². The Bertz CT molecular complexity index is 1370. The number of imidazole rings is 1. The van der Waals surface area contributed by atoms with Gasteiger partial charge in [0.15, 0.2) is 11.5 Å². The highest BCUT2D eigenvalue weighted by Crippen LogP contribution is 2.32. The molecule has 0 spiro atoms. The molecule has 1 aromatic heterocycles. The summed E-state index contributed by atoms with van der Waals surface area (Å²) in [6, 6.07) is 19.4. The molecule has 170 valence electrons. The molecule has 8 nitrogen and oxygen atoms in total. The number of nitrogens with zero attached hydrogens (tertiary/aromatic N) is 2. The van der Waals surface area contributed by atoms with Crippen LogP contribution in [-0.4, -0.2) is 28.2 Å². The summed E-state index contributed by atoms with van der Waals surface area (Å²) in [5, 5.41) is 6.19. The zero-order chi connectivity index (χ0) is 23.5. The second-order valence-corrected chi connectivity index (χ2v) is 8.05. The molecule has 2 N–H and O–H groups in total. The highest BCUT2D eigenvalue weighted by Gasteiger charge is 2.16. The molecule has 0 bridgehead atoms. The average molecular weight is 475 g/mol. The molecule has 0 atom stereocenters. The van der Waals surface area contributed by atoms with E-state index < -0.39 is 0 Å². The number of amides is 2. The standard InChI is InChI=1S/C25H19ClN4O4/c26-18-2-1-3-20(11-18)29-25(32)21-13-30(14-27-21)12-16-4-7-19(8-5-16)28-24(31)17-6-9-22-23(10-17)34-15-33-22/h1-11,13-14H,12,15H2,(H,28,31)(H,29,32). The predicted octanol–water partition coefficient (Wildman–Crippen LogP) is 4.82. The summed E-state index contributed by atoms with van der Waals surface area (Å²) in [5.41, 5.74) is 3.03. The summed E-state index contributed by atoms with van der Waals surface area (Å²) in [7, 11) is 0. The van der Waals surface area contributed by atoms with Crippen LogP contribution in [0.25, 0.3) is 0 Å². The molecule has 3 aromatic carbocycles. The number of hydrogen-bond acceptors (Lipinski definition) is 5. The van der Waals surface area contributed by atoms with Gasteiger partial charge < -0.3 is 24.7 Å². The quantitative estimate of drug-likeness (QED) is 0.418. The third-order valence-corrected chi connectivity index (χ3v) is 5.40. The molecule has 4 aromatic rings. The molecular formula is C25H19ClN4O4. The van der Waals surface area contributed by atoms with Gasteiger partial charge in [0.25, 0.3) is 11.8 Å². The zero-order valence-corrected chi connectivity index (χ0v) is 18.6. The monoisotopic (exact) mass is 474 g/mol. The summed E-state index contributed by atoms with van der Waals surface area (Å²) in [6.07, 6.45) is 3.28. The van der Waals surface area contributed by atoms with Gasteiger partial charge in [-0.1, -0.05) is 29.8 Å². The van der Waals surface area contributed by atoms with Gasteiger partial charge in [-0.05, 0) is 54.1 Å². The number of hydrogen-bond donors (Lipinski definition) is 2. The van der Waals surface area contributed by atoms with Crippen LogP contribution < -0.4 is 20.1 Å². The van der Waals surface area contributed by atoms with Gasteiger partial charge in [-0.25, -0.2) is 4.98 Å². The molecule has 2 heterocycles. The molecule has 5 rings (SSSR count). The van der Waals surface area contributed by atoms with Crippen molar-refractivity contribution in [3.63, 3.8) is 0 Å². The van der Waals surface area contributed by atoms with Crippen LogP contribution in [0.4, 0.5) is 11.4 Å². The van der Waals surface area contributed by atoms with E-state index in [1.165, 1.54) is 0 Å². The molecule has 1 aliphatic rings. The van der Waals surface area contributed by atoms with Crippen LogP contribution >= 0.6 is 11.6 Å². The van der Waals surface area contributed by atoms with Gasteiger partial charge in [0.1, 0.15) is 5.69 Å². The SMILES string of the molecule is O=C(Nc1ccc(Cn2cnc(C(=O)Nc3cccc(Cl)c3)c2)cc1)c1ccc2c(c1)OCO2. The van der Waals surface area contributed by atoms with Crippen LogP contribution in [-0.2, 0) is 6.54 Å². The van der Waals surface area contributed by atoms with Crippen molar-refractivity contribution < 1.29 is 19.1 Å². The summed E-state index contributed by atoms with van der Waals surface area (Å²) < 4.78 is 12.4. The number of aromatic nitrogens is 2. The van der Waals surface area contributed by atoms with E-state index in [2.05, 4.69) is 15.6 Å². The van der Waals surface area contributed by atoms with Gasteiger partial charge in [0.05, 0.1) is 6.33 Å². The van der Waals surface area contributed by atoms with Crippen LogP contribution in [0, 0.1) is 0 Å². The minimum atomic E-state index is -0.317. The lowest BCUT2D eigenvalue weighted by Gasteiger charge is -2.08. The molecule has 0 saturated carbocycles. The number of carbonyl (C=O) groups excluding carboxylic acids is 2. The second kappa shape index (κ2) is 9.29. The third kappa shape index (κ3) is 4.87. The molecule has 34 heavy (non-hydrogen) atoms. The second-order valence-electron chi connectivity index (χ2n) is 7.61. The van der Waals surface area contributed by atoms with Crippen molar-refractivity contribution >= 4 is 34.8 Å². The first-order valence-corrected chi connectivity index (χ1v) is 10.8. The summed E-state index contributed by atoms with van der Waals surface area (Å²) >= 11 is 5.96. The van der Waals surface area contributed by atoms with E-state index in [0.29, 0.717) is 45.7 Å². The predicted molar refractivity (Wildman–Crippen MR) is 128 cm³/mol. The molecule has 2 amide bonds. The highest BCUT2D eigenvalue weighted by atomic mass is 35.5. The first kappa shape index (κ1) is 21.5. The molecule has 0 aliphatic carbocycles. The lowest BCUT2D eigenvalue weighted by atomic mass is 10.1. The number of fused-ring (bicyclic) bond motifs is 1. The largest absolute Gasteiger partial charge is 0.454 e. The molecule has 9 heteroatoms. The third-order valence-electron chi connectivity index (χ3n) is 5.16. The van der Waals surface area contributed by atoms with Crippen LogP contribution in [0.2, 0.25) is 5.02 Å². The van der Waals surface area contributed by atoms with E-state index in [-0.39, 0.29) is 18.6 Å². The minimum Gasteiger partial charge on any atom is -0.454 e. The van der Waals surface area contributed by atoms with E-state index >= 15 is 0 Å². The normalized spacial score (nSPS) is 11.8. The van der Waals surface area contributed by atoms with Crippen molar-refractivity contribution in [1.29, 1.82) is 0 Å². The Morgan fingerprint density at radius 1 is 0.912 bits per heavy atom. The molecule has 1 aliphatic heterocycles. The number of ether oxygens (including phenoxy) is 2. The van der Waals surface area contributed by atoms with Crippen molar-refractivity contribution in [2.45, 2.75) is 6.54 Å². The lowest BCUT2D eigenvalue weighted by Crippen LogP contribution is -2.12. The van der Waals surface area contributed by atoms with Crippen molar-refractivity contribution in [3.05, 3.63) is 101 Å². The maximum Gasteiger partial charge on any atom is 0.275 e. The Labute approximate surface area is 200 Å². The number of halogens is 1. The molecule has 0 unspecified atom stereocenters. The van der Waals surface area contributed by atoms with Gasteiger partial charge in [0.2, 0.25) is 6.79 Å². The number of carbonyl (C=O) groups is 2. The molecule has 0 saturated heterocycles. The smallest absolute Gasteiger partial charge is 0.275 e. The van der Waals surface area contributed by atoms with Crippen molar-refractivity contribution in [1.82, 2.24) is 9.55 Å². The lowest BCUT2D eigenvalue weighted by molar-refractivity contribution is 0.101.